The van der Waals surface area contributed by atoms with E-state index in [1.54, 1.807) is 25.6 Å². The normalized spacial score (nSPS) is 10.7. The van der Waals surface area contributed by atoms with E-state index in [2.05, 4.69) is 25.6 Å². The molecule has 0 unspecified atom stereocenters. The average molecular weight is 192 g/mol. The first kappa shape index (κ1) is 10.1. The summed E-state index contributed by atoms with van der Waals surface area (Å²) in [6, 6.07) is 0. The van der Waals surface area contributed by atoms with Gasteiger partial charge in [-0.25, -0.2) is 4.98 Å². The standard InChI is InChI=1S/C8H12N6/c1-10-8(14-6-9)13-3-2-7-11-4-5-12-7/h4-5H,2-3H2,1H3,(H,11,12)(H2,10,13,14). The number of hydrogen-bond acceptors (Lipinski definition) is 3. The second-order valence-electron chi connectivity index (χ2n) is 2.50. The highest BCUT2D eigenvalue weighted by molar-refractivity contribution is 5.80. The maximum atomic E-state index is 8.35. The lowest BCUT2D eigenvalue weighted by atomic mass is 10.4. The largest absolute Gasteiger partial charge is 0.359 e. The molecule has 6 heteroatoms. The molecule has 0 atom stereocenters. The Labute approximate surface area is 82.1 Å². The first-order chi connectivity index (χ1) is 6.86. The molecule has 14 heavy (non-hydrogen) atoms. The van der Waals surface area contributed by atoms with E-state index in [-0.39, 0.29) is 0 Å². The van der Waals surface area contributed by atoms with Gasteiger partial charge in [0.1, 0.15) is 5.82 Å². The van der Waals surface area contributed by atoms with Crippen LogP contribution >= 0.6 is 0 Å². The fraction of sp³-hybridized carbons (Fsp3) is 0.375. The van der Waals surface area contributed by atoms with Gasteiger partial charge in [0.25, 0.3) is 0 Å². The molecule has 0 aromatic carbocycles. The molecule has 1 aromatic rings. The van der Waals surface area contributed by atoms with Crippen LogP contribution in [0.15, 0.2) is 17.4 Å². The minimum absolute atomic E-state index is 0.471. The number of guanidine groups is 1. The number of H-pyrrole nitrogens is 1. The van der Waals surface area contributed by atoms with E-state index in [0.717, 1.165) is 12.2 Å². The van der Waals surface area contributed by atoms with Gasteiger partial charge in [0.05, 0.1) is 0 Å². The molecule has 0 radical (unpaired) electrons. The second-order valence-corrected chi connectivity index (χ2v) is 2.50. The van der Waals surface area contributed by atoms with E-state index in [9.17, 15) is 0 Å². The molecule has 0 amide bonds. The van der Waals surface area contributed by atoms with Crippen LogP contribution in [0.25, 0.3) is 0 Å². The van der Waals surface area contributed by atoms with Crippen LogP contribution < -0.4 is 10.6 Å². The zero-order chi connectivity index (χ0) is 10.2. The van der Waals surface area contributed by atoms with Crippen molar-refractivity contribution in [1.82, 2.24) is 20.6 Å². The number of aromatic nitrogens is 2. The lowest BCUT2D eigenvalue weighted by Gasteiger charge is -2.00. The summed E-state index contributed by atoms with van der Waals surface area (Å²) in [5, 5.41) is 13.5. The van der Waals surface area contributed by atoms with E-state index >= 15 is 0 Å². The Morgan fingerprint density at radius 3 is 3.21 bits per heavy atom. The molecule has 0 aliphatic rings. The number of nitrogens with one attached hydrogen (secondary N) is 3. The summed E-state index contributed by atoms with van der Waals surface area (Å²) < 4.78 is 0. The van der Waals surface area contributed by atoms with Gasteiger partial charge in [-0.1, -0.05) is 0 Å². The first-order valence-corrected chi connectivity index (χ1v) is 4.22. The summed E-state index contributed by atoms with van der Waals surface area (Å²) >= 11 is 0. The molecule has 0 spiro atoms. The fourth-order valence-corrected chi connectivity index (χ4v) is 0.942. The molecular formula is C8H12N6. The SMILES string of the molecule is CNC(=NCCc1ncc[nH]1)NC#N. The van der Waals surface area contributed by atoms with Gasteiger partial charge in [-0.2, -0.15) is 5.26 Å². The van der Waals surface area contributed by atoms with Crippen LogP contribution in [0, 0.1) is 11.5 Å². The number of hydrogen-bond donors (Lipinski definition) is 3. The van der Waals surface area contributed by atoms with Crippen molar-refractivity contribution in [3.05, 3.63) is 18.2 Å². The number of rotatable bonds is 3. The number of aliphatic imine (C=N–C) groups is 1. The molecule has 3 N–H and O–H groups in total. The third-order valence-electron chi connectivity index (χ3n) is 1.58. The zero-order valence-electron chi connectivity index (χ0n) is 7.91. The van der Waals surface area contributed by atoms with Crippen molar-refractivity contribution >= 4 is 5.96 Å². The first-order valence-electron chi connectivity index (χ1n) is 4.22. The lowest BCUT2D eigenvalue weighted by molar-refractivity contribution is 0.877. The summed E-state index contributed by atoms with van der Waals surface area (Å²) in [4.78, 5) is 11.1. The molecule has 1 rings (SSSR count). The maximum Gasteiger partial charge on any atom is 0.204 e. The Kier molecular flexibility index (Phi) is 4.01. The number of nitrogens with zero attached hydrogens (tertiary/aromatic N) is 3. The minimum Gasteiger partial charge on any atom is -0.359 e. The summed E-state index contributed by atoms with van der Waals surface area (Å²) in [5.74, 6) is 1.36. The second kappa shape index (κ2) is 5.59. The highest BCUT2D eigenvalue weighted by Crippen LogP contribution is 1.89. The van der Waals surface area contributed by atoms with Crippen LogP contribution in [0.4, 0.5) is 0 Å². The molecule has 6 nitrogen and oxygen atoms in total. The van der Waals surface area contributed by atoms with Gasteiger partial charge in [-0.15, -0.1) is 0 Å². The average Bonchev–Trinajstić information content (AvgIpc) is 2.69. The smallest absolute Gasteiger partial charge is 0.204 e. The molecule has 0 aliphatic heterocycles. The third-order valence-corrected chi connectivity index (χ3v) is 1.58. The Morgan fingerprint density at radius 1 is 1.79 bits per heavy atom. The number of imidazole rings is 1. The molecule has 0 aliphatic carbocycles. The van der Waals surface area contributed by atoms with Crippen LogP contribution in [0.1, 0.15) is 5.82 Å². The Morgan fingerprint density at radius 2 is 2.64 bits per heavy atom. The van der Waals surface area contributed by atoms with Gasteiger partial charge >= 0.3 is 0 Å². The molecule has 1 heterocycles. The Hall–Kier alpha value is -2.03. The van der Waals surface area contributed by atoms with Gasteiger partial charge in [0, 0.05) is 32.4 Å². The third kappa shape index (κ3) is 3.15. The summed E-state index contributed by atoms with van der Waals surface area (Å²) in [5.41, 5.74) is 0. The Balaban J connectivity index is 2.35. The minimum atomic E-state index is 0.471. The molecular weight excluding hydrogens is 180 g/mol. The maximum absolute atomic E-state index is 8.35. The lowest BCUT2D eigenvalue weighted by Crippen LogP contribution is -2.31. The van der Waals surface area contributed by atoms with Crippen LogP contribution in [0.2, 0.25) is 0 Å². The molecule has 74 valence electrons. The summed E-state index contributed by atoms with van der Waals surface area (Å²) in [6.07, 6.45) is 5.99. The van der Waals surface area contributed by atoms with Crippen LogP contribution in [-0.2, 0) is 6.42 Å². The van der Waals surface area contributed by atoms with E-state index in [1.165, 1.54) is 0 Å². The molecule has 0 fully saturated rings. The van der Waals surface area contributed by atoms with Gasteiger partial charge in [0.15, 0.2) is 6.19 Å². The summed E-state index contributed by atoms with van der Waals surface area (Å²) in [6.45, 7) is 0.582. The quantitative estimate of drug-likeness (QED) is 0.263. The number of aromatic amines is 1. The van der Waals surface area contributed by atoms with Crippen molar-refractivity contribution in [2.75, 3.05) is 13.6 Å². The molecule has 0 bridgehead atoms. The summed E-state index contributed by atoms with van der Waals surface area (Å²) in [7, 11) is 1.70. The molecule has 0 saturated carbocycles. The van der Waals surface area contributed by atoms with E-state index in [0.29, 0.717) is 12.5 Å². The van der Waals surface area contributed by atoms with E-state index in [1.807, 2.05) is 0 Å². The van der Waals surface area contributed by atoms with Crippen molar-refractivity contribution in [2.45, 2.75) is 6.42 Å². The molecule has 0 saturated heterocycles. The van der Waals surface area contributed by atoms with Crippen molar-refractivity contribution in [3.8, 4) is 6.19 Å². The fourth-order valence-electron chi connectivity index (χ4n) is 0.942. The van der Waals surface area contributed by atoms with Crippen molar-refractivity contribution in [2.24, 2.45) is 4.99 Å². The predicted octanol–water partition coefficient (Wildman–Crippen LogP) is -0.402. The predicted molar refractivity (Wildman–Crippen MR) is 52.4 cm³/mol. The van der Waals surface area contributed by atoms with E-state index in [4.69, 9.17) is 5.26 Å². The van der Waals surface area contributed by atoms with E-state index < -0.39 is 0 Å². The number of nitriles is 1. The van der Waals surface area contributed by atoms with Gasteiger partial charge in [0.2, 0.25) is 5.96 Å². The highest BCUT2D eigenvalue weighted by Gasteiger charge is 1.95. The van der Waals surface area contributed by atoms with Crippen LogP contribution in [0.5, 0.6) is 0 Å². The Bertz CT molecular complexity index is 320. The van der Waals surface area contributed by atoms with Crippen molar-refractivity contribution in [3.63, 3.8) is 0 Å². The topological polar surface area (TPSA) is 88.9 Å². The highest BCUT2D eigenvalue weighted by atomic mass is 15.2. The van der Waals surface area contributed by atoms with Crippen LogP contribution in [0.3, 0.4) is 0 Å². The zero-order valence-corrected chi connectivity index (χ0v) is 7.91. The van der Waals surface area contributed by atoms with Crippen LogP contribution in [-0.4, -0.2) is 29.5 Å². The van der Waals surface area contributed by atoms with Gasteiger partial charge < -0.3 is 10.3 Å². The monoisotopic (exact) mass is 192 g/mol. The molecule has 1 aromatic heterocycles. The van der Waals surface area contributed by atoms with Crippen molar-refractivity contribution < 1.29 is 0 Å². The van der Waals surface area contributed by atoms with Crippen molar-refractivity contribution in [1.29, 1.82) is 5.26 Å². The van der Waals surface area contributed by atoms with Gasteiger partial charge in [-0.05, 0) is 0 Å². The van der Waals surface area contributed by atoms with Gasteiger partial charge in [-0.3, -0.25) is 10.3 Å².